The van der Waals surface area contributed by atoms with E-state index in [1.807, 2.05) is 31.2 Å². The number of benzene rings is 1. The van der Waals surface area contributed by atoms with Crippen LogP contribution in [0.25, 0.3) is 0 Å². The molecule has 2 nitrogen and oxygen atoms in total. The van der Waals surface area contributed by atoms with Gasteiger partial charge in [0.05, 0.1) is 0 Å². The van der Waals surface area contributed by atoms with Gasteiger partial charge in [0.25, 0.3) is 5.91 Å². The van der Waals surface area contributed by atoms with Gasteiger partial charge in [0.15, 0.2) is 0 Å². The van der Waals surface area contributed by atoms with Gasteiger partial charge in [0, 0.05) is 12.1 Å². The maximum Gasteiger partial charge on any atom is 0.251 e. The molecule has 1 aromatic rings. The lowest BCUT2D eigenvalue weighted by Crippen LogP contribution is -2.33. The molecule has 0 spiro atoms. The van der Waals surface area contributed by atoms with Gasteiger partial charge in [-0.05, 0) is 30.9 Å². The first-order valence-electron chi connectivity index (χ1n) is 5.79. The van der Waals surface area contributed by atoms with E-state index in [1.165, 1.54) is 0 Å². The maximum atomic E-state index is 11.8. The second kappa shape index (κ2) is 5.15. The predicted molar refractivity (Wildman–Crippen MR) is 67.6 cm³/mol. The molecule has 0 fully saturated rings. The minimum absolute atomic E-state index is 0.0187. The monoisotopic (exact) mass is 219 g/mol. The highest BCUT2D eigenvalue weighted by atomic mass is 16.1. The number of hydrogen-bond acceptors (Lipinski definition) is 1. The van der Waals surface area contributed by atoms with Gasteiger partial charge < -0.3 is 5.32 Å². The Morgan fingerprint density at radius 3 is 2.62 bits per heavy atom. The van der Waals surface area contributed by atoms with E-state index in [4.69, 9.17) is 0 Å². The fourth-order valence-corrected chi connectivity index (χ4v) is 1.33. The molecule has 2 heteroatoms. The van der Waals surface area contributed by atoms with Gasteiger partial charge in [-0.1, -0.05) is 38.5 Å². The largest absolute Gasteiger partial charge is 0.352 e. The smallest absolute Gasteiger partial charge is 0.251 e. The van der Waals surface area contributed by atoms with Crippen LogP contribution in [0.2, 0.25) is 0 Å². The van der Waals surface area contributed by atoms with Gasteiger partial charge in [-0.3, -0.25) is 4.79 Å². The van der Waals surface area contributed by atoms with E-state index in [2.05, 4.69) is 26.1 Å². The predicted octanol–water partition coefficient (Wildman–Crippen LogP) is 3.16. The normalized spacial score (nSPS) is 11.2. The number of carbonyl (C=O) groups excluding carboxylic acids is 1. The summed E-state index contributed by atoms with van der Waals surface area (Å²) in [4.78, 5) is 11.8. The highest BCUT2D eigenvalue weighted by Crippen LogP contribution is 2.17. The van der Waals surface area contributed by atoms with Gasteiger partial charge >= 0.3 is 0 Å². The Labute approximate surface area is 98.1 Å². The quantitative estimate of drug-likeness (QED) is 0.828. The number of aryl methyl sites for hydroxylation is 1. The number of amides is 1. The number of nitrogens with one attached hydrogen (secondary N) is 1. The van der Waals surface area contributed by atoms with Gasteiger partial charge in [0.1, 0.15) is 0 Å². The van der Waals surface area contributed by atoms with Crippen LogP contribution in [0.5, 0.6) is 0 Å². The van der Waals surface area contributed by atoms with Crippen LogP contribution in [-0.2, 0) is 0 Å². The molecule has 0 saturated carbocycles. The molecule has 0 aliphatic heterocycles. The van der Waals surface area contributed by atoms with Crippen molar-refractivity contribution in [2.75, 3.05) is 6.54 Å². The summed E-state index contributed by atoms with van der Waals surface area (Å²) in [7, 11) is 0. The third-order valence-electron chi connectivity index (χ3n) is 2.96. The van der Waals surface area contributed by atoms with Crippen LogP contribution in [-0.4, -0.2) is 12.5 Å². The van der Waals surface area contributed by atoms with Crippen molar-refractivity contribution in [1.29, 1.82) is 0 Å². The zero-order valence-electron chi connectivity index (χ0n) is 10.6. The van der Waals surface area contributed by atoms with Gasteiger partial charge in [-0.2, -0.15) is 0 Å². The van der Waals surface area contributed by atoms with E-state index >= 15 is 0 Å². The standard InChI is InChI=1S/C14H21NO/c1-5-14(3,4)10-15-13(16)12-8-6-7-11(2)9-12/h6-9H,5,10H2,1-4H3,(H,15,16). The summed E-state index contributed by atoms with van der Waals surface area (Å²) < 4.78 is 0. The van der Waals surface area contributed by atoms with Gasteiger partial charge in [-0.15, -0.1) is 0 Å². The highest BCUT2D eigenvalue weighted by Gasteiger charge is 2.16. The number of carbonyl (C=O) groups is 1. The molecule has 1 aromatic carbocycles. The summed E-state index contributed by atoms with van der Waals surface area (Å²) in [5.74, 6) is 0.0187. The van der Waals surface area contributed by atoms with Crippen LogP contribution < -0.4 is 5.32 Å². The molecule has 0 radical (unpaired) electrons. The first-order chi connectivity index (χ1) is 7.44. The molecule has 0 bridgehead atoms. The summed E-state index contributed by atoms with van der Waals surface area (Å²) in [6.07, 6.45) is 1.06. The van der Waals surface area contributed by atoms with Crippen LogP contribution in [0.3, 0.4) is 0 Å². The second-order valence-electron chi connectivity index (χ2n) is 5.07. The molecule has 1 N–H and O–H groups in total. The third kappa shape index (κ3) is 3.69. The fourth-order valence-electron chi connectivity index (χ4n) is 1.33. The Hall–Kier alpha value is -1.31. The van der Waals surface area contributed by atoms with E-state index in [9.17, 15) is 4.79 Å². The summed E-state index contributed by atoms with van der Waals surface area (Å²) in [5, 5.41) is 2.98. The van der Waals surface area contributed by atoms with Crippen LogP contribution in [0.15, 0.2) is 24.3 Å². The van der Waals surface area contributed by atoms with Crippen molar-refractivity contribution in [2.24, 2.45) is 5.41 Å². The Balaban J connectivity index is 2.60. The minimum atomic E-state index is 0.0187. The minimum Gasteiger partial charge on any atom is -0.352 e. The average molecular weight is 219 g/mol. The van der Waals surface area contributed by atoms with Gasteiger partial charge in [-0.25, -0.2) is 0 Å². The Morgan fingerprint density at radius 2 is 2.06 bits per heavy atom. The van der Waals surface area contributed by atoms with E-state index in [0.717, 1.165) is 24.1 Å². The van der Waals surface area contributed by atoms with Crippen molar-refractivity contribution in [3.8, 4) is 0 Å². The Kier molecular flexibility index (Phi) is 4.11. The number of rotatable bonds is 4. The lowest BCUT2D eigenvalue weighted by molar-refractivity contribution is 0.0935. The molecular weight excluding hydrogens is 198 g/mol. The zero-order valence-corrected chi connectivity index (χ0v) is 10.6. The van der Waals surface area contributed by atoms with Crippen LogP contribution in [0.1, 0.15) is 43.1 Å². The van der Waals surface area contributed by atoms with E-state index < -0.39 is 0 Å². The summed E-state index contributed by atoms with van der Waals surface area (Å²) in [6, 6.07) is 7.66. The SMILES string of the molecule is CCC(C)(C)CNC(=O)c1cccc(C)c1. The van der Waals surface area contributed by atoms with Gasteiger partial charge in [0.2, 0.25) is 0 Å². The summed E-state index contributed by atoms with van der Waals surface area (Å²) in [5.41, 5.74) is 2.02. The topological polar surface area (TPSA) is 29.1 Å². The van der Waals surface area contributed by atoms with E-state index in [1.54, 1.807) is 0 Å². The summed E-state index contributed by atoms with van der Waals surface area (Å²) >= 11 is 0. The lowest BCUT2D eigenvalue weighted by Gasteiger charge is -2.22. The molecule has 1 amide bonds. The molecular formula is C14H21NO. The Bertz CT molecular complexity index is 369. The van der Waals surface area contributed by atoms with Crippen molar-refractivity contribution < 1.29 is 4.79 Å². The lowest BCUT2D eigenvalue weighted by atomic mass is 9.90. The molecule has 0 unspecified atom stereocenters. The van der Waals surface area contributed by atoms with Crippen LogP contribution >= 0.6 is 0 Å². The van der Waals surface area contributed by atoms with Crippen molar-refractivity contribution in [3.05, 3.63) is 35.4 Å². The molecule has 0 aromatic heterocycles. The fraction of sp³-hybridized carbons (Fsp3) is 0.500. The zero-order chi connectivity index (χ0) is 12.2. The molecule has 0 atom stereocenters. The van der Waals surface area contributed by atoms with E-state index in [0.29, 0.717) is 0 Å². The van der Waals surface area contributed by atoms with E-state index in [-0.39, 0.29) is 11.3 Å². The Morgan fingerprint density at radius 1 is 1.38 bits per heavy atom. The molecule has 0 saturated heterocycles. The van der Waals surface area contributed by atoms with Crippen LogP contribution in [0, 0.1) is 12.3 Å². The first kappa shape index (κ1) is 12.8. The average Bonchev–Trinajstić information content (AvgIpc) is 2.26. The molecule has 0 aliphatic carbocycles. The van der Waals surface area contributed by atoms with Crippen molar-refractivity contribution in [2.45, 2.75) is 34.1 Å². The first-order valence-corrected chi connectivity index (χ1v) is 5.79. The second-order valence-corrected chi connectivity index (χ2v) is 5.07. The third-order valence-corrected chi connectivity index (χ3v) is 2.96. The van der Waals surface area contributed by atoms with Crippen molar-refractivity contribution in [1.82, 2.24) is 5.32 Å². The molecule has 88 valence electrons. The highest BCUT2D eigenvalue weighted by molar-refractivity contribution is 5.94. The van der Waals surface area contributed by atoms with Crippen molar-refractivity contribution >= 4 is 5.91 Å². The molecule has 0 heterocycles. The molecule has 1 rings (SSSR count). The molecule has 16 heavy (non-hydrogen) atoms. The number of hydrogen-bond donors (Lipinski definition) is 1. The van der Waals surface area contributed by atoms with Crippen LogP contribution in [0.4, 0.5) is 0 Å². The molecule has 0 aliphatic rings. The summed E-state index contributed by atoms with van der Waals surface area (Å²) in [6.45, 7) is 9.16. The van der Waals surface area contributed by atoms with Crippen molar-refractivity contribution in [3.63, 3.8) is 0 Å². The maximum absolute atomic E-state index is 11.8.